The van der Waals surface area contributed by atoms with E-state index in [0.717, 1.165) is 33.2 Å². The Hall–Kier alpha value is -3.47. The molecule has 142 valence electrons. The Kier molecular flexibility index (Phi) is 6.17. The summed E-state index contributed by atoms with van der Waals surface area (Å²) in [7, 11) is 0. The zero-order valence-corrected chi connectivity index (χ0v) is 16.0. The first kappa shape index (κ1) is 19.3. The fourth-order valence-corrected chi connectivity index (χ4v) is 2.99. The van der Waals surface area contributed by atoms with E-state index in [1.807, 2.05) is 74.5 Å². The van der Waals surface area contributed by atoms with Crippen LogP contribution in [0.3, 0.4) is 0 Å². The number of carbonyl (C=O) groups excluding carboxylic acids is 2. The van der Waals surface area contributed by atoms with Crippen molar-refractivity contribution < 1.29 is 9.59 Å². The quantitative estimate of drug-likeness (QED) is 0.499. The topological polar surface area (TPSA) is 70.6 Å². The van der Waals surface area contributed by atoms with Gasteiger partial charge in [0.05, 0.1) is 6.21 Å². The molecule has 0 aliphatic rings. The summed E-state index contributed by atoms with van der Waals surface area (Å²) in [6.45, 7) is 3.94. The second kappa shape index (κ2) is 8.95. The van der Waals surface area contributed by atoms with Gasteiger partial charge in [0, 0.05) is 24.1 Å². The van der Waals surface area contributed by atoms with E-state index >= 15 is 0 Å². The second-order valence-electron chi connectivity index (χ2n) is 6.73. The fraction of sp³-hybridized carbons (Fsp3) is 0.174. The van der Waals surface area contributed by atoms with Gasteiger partial charge in [0.15, 0.2) is 0 Å². The Morgan fingerprint density at radius 1 is 0.929 bits per heavy atom. The van der Waals surface area contributed by atoms with Crippen LogP contribution in [-0.4, -0.2) is 18.0 Å². The number of aryl methyl sites for hydroxylation is 2. The average molecular weight is 373 g/mol. The van der Waals surface area contributed by atoms with E-state index in [-0.39, 0.29) is 24.7 Å². The molecule has 0 aliphatic carbocycles. The number of anilines is 1. The number of hydrazone groups is 1. The third kappa shape index (κ3) is 5.04. The van der Waals surface area contributed by atoms with E-state index in [2.05, 4.69) is 15.8 Å². The van der Waals surface area contributed by atoms with E-state index in [9.17, 15) is 9.59 Å². The van der Waals surface area contributed by atoms with Gasteiger partial charge in [0.25, 0.3) is 0 Å². The van der Waals surface area contributed by atoms with Crippen LogP contribution in [0.25, 0.3) is 10.8 Å². The second-order valence-corrected chi connectivity index (χ2v) is 6.73. The van der Waals surface area contributed by atoms with Gasteiger partial charge in [-0.25, -0.2) is 5.43 Å². The van der Waals surface area contributed by atoms with Crippen molar-refractivity contribution in [1.82, 2.24) is 5.43 Å². The molecule has 0 spiro atoms. The number of nitrogens with one attached hydrogen (secondary N) is 2. The van der Waals surface area contributed by atoms with Crippen LogP contribution in [0.4, 0.5) is 5.69 Å². The number of fused-ring (bicyclic) bond motifs is 1. The molecule has 28 heavy (non-hydrogen) atoms. The highest BCUT2D eigenvalue weighted by molar-refractivity contribution is 6.00. The molecule has 0 saturated carbocycles. The molecule has 0 heterocycles. The average Bonchev–Trinajstić information content (AvgIpc) is 2.69. The lowest BCUT2D eigenvalue weighted by molar-refractivity contribution is -0.124. The number of hydrogen-bond acceptors (Lipinski definition) is 3. The normalized spacial score (nSPS) is 10.9. The minimum atomic E-state index is -0.299. The van der Waals surface area contributed by atoms with Crippen LogP contribution in [0.2, 0.25) is 0 Å². The van der Waals surface area contributed by atoms with Crippen molar-refractivity contribution >= 4 is 34.5 Å². The lowest BCUT2D eigenvalue weighted by atomic mass is 10.1. The first-order chi connectivity index (χ1) is 13.5. The van der Waals surface area contributed by atoms with E-state index in [1.54, 1.807) is 6.21 Å². The monoisotopic (exact) mass is 373 g/mol. The zero-order chi connectivity index (χ0) is 19.9. The first-order valence-electron chi connectivity index (χ1n) is 9.20. The standard InChI is InChI=1S/C23H23N3O2/c1-16-10-11-21(17(2)14-16)25-22(27)12-13-23(28)26-24-15-19-8-5-7-18-6-3-4-9-20(18)19/h3-11,14-15H,12-13H2,1-2H3,(H,25,27)(H,26,28)/b24-15+. The third-order valence-electron chi connectivity index (χ3n) is 4.45. The number of benzene rings is 3. The van der Waals surface area contributed by atoms with E-state index in [1.165, 1.54) is 0 Å². The molecule has 0 fully saturated rings. The maximum Gasteiger partial charge on any atom is 0.240 e. The molecule has 0 radical (unpaired) electrons. The highest BCUT2D eigenvalue weighted by atomic mass is 16.2. The van der Waals surface area contributed by atoms with Gasteiger partial charge in [0.1, 0.15) is 0 Å². The van der Waals surface area contributed by atoms with Crippen LogP contribution in [0.15, 0.2) is 65.8 Å². The Morgan fingerprint density at radius 3 is 2.50 bits per heavy atom. The molecule has 3 aromatic carbocycles. The Bertz CT molecular complexity index is 1040. The van der Waals surface area contributed by atoms with Crippen LogP contribution in [-0.2, 0) is 9.59 Å². The maximum absolute atomic E-state index is 12.1. The van der Waals surface area contributed by atoms with Crippen molar-refractivity contribution in [2.75, 3.05) is 5.32 Å². The number of amides is 2. The lowest BCUT2D eigenvalue weighted by Gasteiger charge is -2.08. The number of hydrogen-bond donors (Lipinski definition) is 2. The summed E-state index contributed by atoms with van der Waals surface area (Å²) in [5, 5.41) is 9.04. The minimum absolute atomic E-state index is 0.0730. The molecule has 0 unspecified atom stereocenters. The van der Waals surface area contributed by atoms with E-state index in [0.29, 0.717) is 0 Å². The van der Waals surface area contributed by atoms with Crippen molar-refractivity contribution in [1.29, 1.82) is 0 Å². The predicted molar refractivity (Wildman–Crippen MR) is 113 cm³/mol. The predicted octanol–water partition coefficient (Wildman–Crippen LogP) is 4.33. The minimum Gasteiger partial charge on any atom is -0.326 e. The van der Waals surface area contributed by atoms with Crippen LogP contribution in [0.5, 0.6) is 0 Å². The Morgan fingerprint density at radius 2 is 1.68 bits per heavy atom. The van der Waals surface area contributed by atoms with Crippen LogP contribution >= 0.6 is 0 Å². The number of rotatable bonds is 6. The summed E-state index contributed by atoms with van der Waals surface area (Å²) in [6, 6.07) is 19.7. The lowest BCUT2D eigenvalue weighted by Crippen LogP contribution is -2.20. The van der Waals surface area contributed by atoms with Gasteiger partial charge in [-0.05, 0) is 36.2 Å². The van der Waals surface area contributed by atoms with Gasteiger partial charge in [0.2, 0.25) is 11.8 Å². The molecule has 2 amide bonds. The summed E-state index contributed by atoms with van der Waals surface area (Å²) < 4.78 is 0. The summed E-state index contributed by atoms with van der Waals surface area (Å²) in [5.41, 5.74) is 6.31. The van der Waals surface area contributed by atoms with E-state index < -0.39 is 0 Å². The Labute approximate surface area is 164 Å². The highest BCUT2D eigenvalue weighted by Crippen LogP contribution is 2.17. The van der Waals surface area contributed by atoms with Gasteiger partial charge in [-0.3, -0.25) is 9.59 Å². The van der Waals surface area contributed by atoms with Gasteiger partial charge in [-0.15, -0.1) is 0 Å². The molecular formula is C23H23N3O2. The van der Waals surface area contributed by atoms with Crippen molar-refractivity contribution in [2.45, 2.75) is 26.7 Å². The molecule has 0 aromatic heterocycles. The smallest absolute Gasteiger partial charge is 0.240 e. The molecule has 0 saturated heterocycles. The molecule has 0 bridgehead atoms. The van der Waals surface area contributed by atoms with E-state index in [4.69, 9.17) is 0 Å². The molecule has 5 heteroatoms. The molecular weight excluding hydrogens is 350 g/mol. The summed E-state index contributed by atoms with van der Waals surface area (Å²) >= 11 is 0. The van der Waals surface area contributed by atoms with Crippen LogP contribution in [0, 0.1) is 13.8 Å². The van der Waals surface area contributed by atoms with Gasteiger partial charge >= 0.3 is 0 Å². The van der Waals surface area contributed by atoms with Gasteiger partial charge < -0.3 is 5.32 Å². The largest absolute Gasteiger partial charge is 0.326 e. The fourth-order valence-electron chi connectivity index (χ4n) is 2.99. The maximum atomic E-state index is 12.1. The molecule has 3 aromatic rings. The van der Waals surface area contributed by atoms with Gasteiger partial charge in [-0.1, -0.05) is 60.2 Å². The van der Waals surface area contributed by atoms with Crippen molar-refractivity contribution in [3.05, 3.63) is 77.4 Å². The highest BCUT2D eigenvalue weighted by Gasteiger charge is 2.08. The number of nitrogens with zero attached hydrogens (tertiary/aromatic N) is 1. The van der Waals surface area contributed by atoms with Crippen LogP contribution < -0.4 is 10.7 Å². The molecule has 0 aliphatic heterocycles. The van der Waals surface area contributed by atoms with Crippen molar-refractivity contribution in [3.8, 4) is 0 Å². The number of carbonyl (C=O) groups is 2. The van der Waals surface area contributed by atoms with Crippen LogP contribution in [0.1, 0.15) is 29.5 Å². The molecule has 5 nitrogen and oxygen atoms in total. The summed E-state index contributed by atoms with van der Waals surface area (Å²) in [6.07, 6.45) is 1.79. The third-order valence-corrected chi connectivity index (χ3v) is 4.45. The summed E-state index contributed by atoms with van der Waals surface area (Å²) in [4.78, 5) is 24.0. The van der Waals surface area contributed by atoms with Gasteiger partial charge in [-0.2, -0.15) is 5.10 Å². The first-order valence-corrected chi connectivity index (χ1v) is 9.20. The van der Waals surface area contributed by atoms with Crippen molar-refractivity contribution in [2.24, 2.45) is 5.10 Å². The zero-order valence-electron chi connectivity index (χ0n) is 16.0. The Balaban J connectivity index is 1.50. The molecule has 3 rings (SSSR count). The molecule has 2 N–H and O–H groups in total. The summed E-state index contributed by atoms with van der Waals surface area (Å²) in [5.74, 6) is -0.493. The van der Waals surface area contributed by atoms with Crippen molar-refractivity contribution in [3.63, 3.8) is 0 Å². The molecule has 0 atom stereocenters. The SMILES string of the molecule is Cc1ccc(NC(=O)CCC(=O)N/N=C/c2cccc3ccccc23)c(C)c1.